The Hall–Kier alpha value is -2.14. The summed E-state index contributed by atoms with van der Waals surface area (Å²) in [7, 11) is 1.87. The summed E-state index contributed by atoms with van der Waals surface area (Å²) < 4.78 is 21.2. The van der Waals surface area contributed by atoms with Crippen molar-refractivity contribution >= 4 is 11.0 Å². The maximum Gasteiger partial charge on any atom is 0.169 e. The summed E-state index contributed by atoms with van der Waals surface area (Å²) in [5, 5.41) is 8.48. The maximum absolute atomic E-state index is 13.7. The van der Waals surface area contributed by atoms with Crippen molar-refractivity contribution in [1.29, 1.82) is 0 Å². The van der Waals surface area contributed by atoms with E-state index in [4.69, 9.17) is 4.42 Å². The molecule has 1 aromatic carbocycles. The first kappa shape index (κ1) is 12.9. The molecule has 5 heteroatoms. The third-order valence-corrected chi connectivity index (χ3v) is 3.24. The topological polar surface area (TPSA) is 43.0 Å². The van der Waals surface area contributed by atoms with Crippen molar-refractivity contribution < 1.29 is 8.81 Å². The van der Waals surface area contributed by atoms with E-state index in [2.05, 4.69) is 10.4 Å². The fraction of sp³-hybridized carbons (Fsp3) is 0.267. The lowest BCUT2D eigenvalue weighted by Gasteiger charge is -2.12. The van der Waals surface area contributed by atoms with E-state index < -0.39 is 0 Å². The van der Waals surface area contributed by atoms with Crippen LogP contribution < -0.4 is 5.32 Å². The molecule has 0 aliphatic heterocycles. The number of nitrogens with zero attached hydrogens (tertiary/aromatic N) is 2. The van der Waals surface area contributed by atoms with Crippen LogP contribution in [-0.2, 0) is 7.05 Å². The molecule has 0 aliphatic carbocycles. The third kappa shape index (κ3) is 2.20. The van der Waals surface area contributed by atoms with Crippen LogP contribution in [0.15, 0.2) is 40.9 Å². The molecule has 0 aliphatic rings. The van der Waals surface area contributed by atoms with Crippen LogP contribution in [0.3, 0.4) is 0 Å². The lowest BCUT2D eigenvalue weighted by molar-refractivity contribution is 0.457. The number of hydrogen-bond acceptors (Lipinski definition) is 3. The zero-order chi connectivity index (χ0) is 14.1. The summed E-state index contributed by atoms with van der Waals surface area (Å²) in [6.45, 7) is 2.78. The molecule has 1 unspecified atom stereocenters. The van der Waals surface area contributed by atoms with Crippen molar-refractivity contribution in [3.8, 4) is 0 Å². The van der Waals surface area contributed by atoms with Gasteiger partial charge >= 0.3 is 0 Å². The van der Waals surface area contributed by atoms with Gasteiger partial charge in [-0.3, -0.25) is 4.68 Å². The third-order valence-electron chi connectivity index (χ3n) is 3.24. The first-order chi connectivity index (χ1) is 9.69. The Balaban J connectivity index is 2.07. The maximum atomic E-state index is 13.7. The van der Waals surface area contributed by atoms with E-state index in [9.17, 15) is 4.39 Å². The molecule has 0 spiro atoms. The Kier molecular flexibility index (Phi) is 3.28. The fourth-order valence-corrected chi connectivity index (χ4v) is 2.33. The largest absolute Gasteiger partial charge is 0.456 e. The number of fused-ring (bicyclic) bond motifs is 1. The summed E-state index contributed by atoms with van der Waals surface area (Å²) in [6.07, 6.45) is 1.88. The van der Waals surface area contributed by atoms with Crippen molar-refractivity contribution in [3.63, 3.8) is 0 Å². The molecule has 2 aromatic heterocycles. The number of hydrogen-bond donors (Lipinski definition) is 1. The molecular weight excluding hydrogens is 257 g/mol. The average molecular weight is 273 g/mol. The molecule has 3 aromatic rings. The lowest BCUT2D eigenvalue weighted by atomic mass is 10.1. The Labute approximate surface area is 116 Å². The highest BCUT2D eigenvalue weighted by Gasteiger charge is 2.20. The molecule has 2 heterocycles. The second kappa shape index (κ2) is 5.09. The first-order valence-corrected chi connectivity index (χ1v) is 6.60. The standard InChI is InChI=1S/C15H16FN3O/c1-3-17-14(12-7-8-19(2)18-12)13-9-10-5-4-6-11(16)15(10)20-13/h4-9,14,17H,3H2,1-2H3. The van der Waals surface area contributed by atoms with Crippen LogP contribution in [0.2, 0.25) is 0 Å². The van der Waals surface area contributed by atoms with E-state index >= 15 is 0 Å². The number of nitrogens with one attached hydrogen (secondary N) is 1. The minimum absolute atomic E-state index is 0.173. The molecule has 3 rings (SSSR count). The monoisotopic (exact) mass is 273 g/mol. The van der Waals surface area contributed by atoms with Gasteiger partial charge in [0.25, 0.3) is 0 Å². The first-order valence-electron chi connectivity index (χ1n) is 6.60. The predicted octanol–water partition coefficient (Wildman–Crippen LogP) is 3.00. The summed E-state index contributed by atoms with van der Waals surface area (Å²) in [6, 6.07) is 8.54. The number of halogens is 1. The number of rotatable bonds is 4. The van der Waals surface area contributed by atoms with E-state index in [-0.39, 0.29) is 11.9 Å². The molecule has 0 saturated heterocycles. The molecule has 4 nitrogen and oxygen atoms in total. The molecule has 0 radical (unpaired) electrons. The van der Waals surface area contributed by atoms with Crippen LogP contribution >= 0.6 is 0 Å². The van der Waals surface area contributed by atoms with E-state index in [1.165, 1.54) is 6.07 Å². The van der Waals surface area contributed by atoms with E-state index in [0.717, 1.165) is 17.6 Å². The number of benzene rings is 1. The van der Waals surface area contributed by atoms with Gasteiger partial charge in [-0.05, 0) is 24.7 Å². The Morgan fingerprint density at radius 2 is 2.25 bits per heavy atom. The molecule has 20 heavy (non-hydrogen) atoms. The van der Waals surface area contributed by atoms with Gasteiger partial charge in [-0.1, -0.05) is 19.1 Å². The Morgan fingerprint density at radius 1 is 1.40 bits per heavy atom. The number of para-hydroxylation sites is 1. The van der Waals surface area contributed by atoms with Gasteiger partial charge < -0.3 is 9.73 Å². The zero-order valence-corrected chi connectivity index (χ0v) is 11.4. The van der Waals surface area contributed by atoms with E-state index in [0.29, 0.717) is 11.3 Å². The van der Waals surface area contributed by atoms with Gasteiger partial charge in [0.05, 0.1) is 5.69 Å². The quantitative estimate of drug-likeness (QED) is 0.794. The number of aryl methyl sites for hydroxylation is 1. The highest BCUT2D eigenvalue weighted by atomic mass is 19.1. The molecule has 104 valence electrons. The normalized spacial score (nSPS) is 12.9. The van der Waals surface area contributed by atoms with Crippen molar-refractivity contribution in [2.75, 3.05) is 6.54 Å². The second-order valence-electron chi connectivity index (χ2n) is 4.71. The van der Waals surface area contributed by atoms with Crippen molar-refractivity contribution in [2.24, 2.45) is 7.05 Å². The lowest BCUT2D eigenvalue weighted by Crippen LogP contribution is -2.22. The summed E-state index contributed by atoms with van der Waals surface area (Å²) in [5.74, 6) is 0.329. The highest BCUT2D eigenvalue weighted by molar-refractivity contribution is 5.78. The molecule has 0 fully saturated rings. The smallest absolute Gasteiger partial charge is 0.169 e. The van der Waals surface area contributed by atoms with E-state index in [1.54, 1.807) is 10.7 Å². The minimum atomic E-state index is -0.343. The average Bonchev–Trinajstić information content (AvgIpc) is 3.03. The van der Waals surface area contributed by atoms with Gasteiger partial charge in [0, 0.05) is 18.6 Å². The van der Waals surface area contributed by atoms with Crippen LogP contribution in [0.5, 0.6) is 0 Å². The number of aromatic nitrogens is 2. The van der Waals surface area contributed by atoms with Gasteiger partial charge in [-0.25, -0.2) is 4.39 Å². The van der Waals surface area contributed by atoms with E-state index in [1.807, 2.05) is 38.4 Å². The van der Waals surface area contributed by atoms with Gasteiger partial charge in [-0.2, -0.15) is 5.10 Å². The summed E-state index contributed by atoms with van der Waals surface area (Å²) in [5.41, 5.74) is 1.15. The Bertz CT molecular complexity index is 732. The molecule has 0 amide bonds. The summed E-state index contributed by atoms with van der Waals surface area (Å²) in [4.78, 5) is 0. The molecule has 1 N–H and O–H groups in total. The van der Waals surface area contributed by atoms with Gasteiger partial charge in [0.1, 0.15) is 11.8 Å². The Morgan fingerprint density at radius 3 is 2.90 bits per heavy atom. The van der Waals surface area contributed by atoms with Gasteiger partial charge in [0.2, 0.25) is 0 Å². The second-order valence-corrected chi connectivity index (χ2v) is 4.71. The molecular formula is C15H16FN3O. The van der Waals surface area contributed by atoms with Crippen LogP contribution in [0.4, 0.5) is 4.39 Å². The van der Waals surface area contributed by atoms with Gasteiger partial charge in [-0.15, -0.1) is 0 Å². The van der Waals surface area contributed by atoms with Crippen molar-refractivity contribution in [2.45, 2.75) is 13.0 Å². The fourth-order valence-electron chi connectivity index (χ4n) is 2.33. The molecule has 0 bridgehead atoms. The van der Waals surface area contributed by atoms with Gasteiger partial charge in [0.15, 0.2) is 11.4 Å². The molecule has 0 saturated carbocycles. The summed E-state index contributed by atoms with van der Waals surface area (Å²) >= 11 is 0. The van der Waals surface area contributed by atoms with Crippen molar-refractivity contribution in [3.05, 3.63) is 53.8 Å². The number of furan rings is 1. The highest BCUT2D eigenvalue weighted by Crippen LogP contribution is 2.28. The zero-order valence-electron chi connectivity index (χ0n) is 11.4. The van der Waals surface area contributed by atoms with Crippen LogP contribution in [-0.4, -0.2) is 16.3 Å². The predicted molar refractivity (Wildman–Crippen MR) is 74.9 cm³/mol. The van der Waals surface area contributed by atoms with Crippen LogP contribution in [0.1, 0.15) is 24.4 Å². The van der Waals surface area contributed by atoms with Crippen LogP contribution in [0.25, 0.3) is 11.0 Å². The molecule has 1 atom stereocenters. The minimum Gasteiger partial charge on any atom is -0.456 e. The van der Waals surface area contributed by atoms with Crippen LogP contribution in [0, 0.1) is 5.82 Å². The SMILES string of the molecule is CCNC(c1ccn(C)n1)c1cc2cccc(F)c2o1. The van der Waals surface area contributed by atoms with Crippen molar-refractivity contribution in [1.82, 2.24) is 15.1 Å².